The number of morpholine rings is 1. The minimum Gasteiger partial charge on any atom is -0.378 e. The summed E-state index contributed by atoms with van der Waals surface area (Å²) in [6, 6.07) is 12.6. The topological polar surface area (TPSA) is 41.2 Å². The van der Waals surface area contributed by atoms with Crippen molar-refractivity contribution in [2.45, 2.75) is 6.92 Å². The van der Waals surface area contributed by atoms with E-state index in [1.165, 1.54) is 5.69 Å². The maximum absolute atomic E-state index is 5.39. The first-order valence-corrected chi connectivity index (χ1v) is 8.18. The smallest absolute Gasteiger partial charge is 0.138 e. The standard InChI is InChI=1S/C20H19N3O/c1-15-12-17-13-18(22-20(17)21-14-15)5-2-16-3-6-19(7-4-16)23-8-10-24-11-9-23/h3-4,6-7,12-14H,8-11H2,1H3,(H,21,22). The van der Waals surface area contributed by atoms with Crippen molar-refractivity contribution in [2.24, 2.45) is 0 Å². The fraction of sp³-hybridized carbons (Fsp3) is 0.250. The Labute approximate surface area is 141 Å². The largest absolute Gasteiger partial charge is 0.378 e. The number of pyridine rings is 1. The van der Waals surface area contributed by atoms with Crippen LogP contribution in [-0.4, -0.2) is 36.3 Å². The Morgan fingerprint density at radius 1 is 1.08 bits per heavy atom. The first-order chi connectivity index (χ1) is 11.8. The van der Waals surface area contributed by atoms with Crippen molar-refractivity contribution in [1.29, 1.82) is 0 Å². The van der Waals surface area contributed by atoms with Gasteiger partial charge in [-0.1, -0.05) is 5.92 Å². The maximum Gasteiger partial charge on any atom is 0.138 e. The zero-order chi connectivity index (χ0) is 16.4. The predicted octanol–water partition coefficient (Wildman–Crippen LogP) is 3.11. The predicted molar refractivity (Wildman–Crippen MR) is 96.3 cm³/mol. The number of nitrogens with one attached hydrogen (secondary N) is 1. The Kier molecular flexibility index (Phi) is 3.94. The van der Waals surface area contributed by atoms with Crippen LogP contribution in [-0.2, 0) is 4.74 Å². The molecule has 0 atom stereocenters. The van der Waals surface area contributed by atoms with E-state index in [0.29, 0.717) is 0 Å². The van der Waals surface area contributed by atoms with E-state index in [0.717, 1.165) is 54.2 Å². The first-order valence-electron chi connectivity index (χ1n) is 8.18. The van der Waals surface area contributed by atoms with Crippen LogP contribution in [0.15, 0.2) is 42.6 Å². The number of aryl methyl sites for hydroxylation is 1. The van der Waals surface area contributed by atoms with Gasteiger partial charge in [-0.25, -0.2) is 4.98 Å². The van der Waals surface area contributed by atoms with Crippen molar-refractivity contribution in [2.75, 3.05) is 31.2 Å². The molecule has 1 aliphatic heterocycles. The Morgan fingerprint density at radius 3 is 2.67 bits per heavy atom. The third kappa shape index (κ3) is 3.12. The van der Waals surface area contributed by atoms with Crippen LogP contribution in [0.4, 0.5) is 5.69 Å². The normalized spacial score (nSPS) is 14.5. The van der Waals surface area contributed by atoms with Gasteiger partial charge in [-0.3, -0.25) is 0 Å². The summed E-state index contributed by atoms with van der Waals surface area (Å²) < 4.78 is 5.39. The van der Waals surface area contributed by atoms with Gasteiger partial charge in [-0.15, -0.1) is 0 Å². The van der Waals surface area contributed by atoms with Gasteiger partial charge in [0, 0.05) is 35.9 Å². The molecule has 4 heteroatoms. The second-order valence-corrected chi connectivity index (χ2v) is 6.03. The number of aromatic amines is 1. The average molecular weight is 317 g/mol. The highest BCUT2D eigenvalue weighted by molar-refractivity contribution is 5.78. The van der Waals surface area contributed by atoms with Gasteiger partial charge in [0.25, 0.3) is 0 Å². The van der Waals surface area contributed by atoms with Gasteiger partial charge in [-0.2, -0.15) is 0 Å². The SMILES string of the molecule is Cc1cnc2[nH]c(C#Cc3ccc(N4CCOCC4)cc3)cc2c1. The number of rotatable bonds is 1. The van der Waals surface area contributed by atoms with E-state index in [2.05, 4.69) is 57.0 Å². The summed E-state index contributed by atoms with van der Waals surface area (Å²) in [5, 5.41) is 1.10. The maximum atomic E-state index is 5.39. The molecule has 3 heterocycles. The van der Waals surface area contributed by atoms with Crippen molar-refractivity contribution in [3.05, 3.63) is 59.4 Å². The minimum absolute atomic E-state index is 0.801. The van der Waals surface area contributed by atoms with Crippen molar-refractivity contribution < 1.29 is 4.74 Å². The van der Waals surface area contributed by atoms with E-state index in [1.54, 1.807) is 0 Å². The molecule has 0 bridgehead atoms. The molecule has 0 unspecified atom stereocenters. The molecule has 4 nitrogen and oxygen atoms in total. The number of aromatic nitrogens is 2. The van der Waals surface area contributed by atoms with E-state index < -0.39 is 0 Å². The number of ether oxygens (including phenoxy) is 1. The van der Waals surface area contributed by atoms with Gasteiger partial charge in [0.05, 0.1) is 18.9 Å². The van der Waals surface area contributed by atoms with E-state index in [1.807, 2.05) is 19.2 Å². The fourth-order valence-corrected chi connectivity index (χ4v) is 2.91. The summed E-state index contributed by atoms with van der Waals surface area (Å²) in [4.78, 5) is 9.97. The number of hydrogen-bond donors (Lipinski definition) is 1. The third-order valence-electron chi connectivity index (χ3n) is 4.19. The van der Waals surface area contributed by atoms with Gasteiger partial charge in [-0.05, 0) is 54.8 Å². The minimum atomic E-state index is 0.801. The second kappa shape index (κ2) is 6.38. The van der Waals surface area contributed by atoms with E-state index in [9.17, 15) is 0 Å². The van der Waals surface area contributed by atoms with E-state index in [-0.39, 0.29) is 0 Å². The molecular formula is C20H19N3O. The quantitative estimate of drug-likeness (QED) is 0.701. The molecule has 1 saturated heterocycles. The number of H-pyrrole nitrogens is 1. The summed E-state index contributed by atoms with van der Waals surface area (Å²) in [7, 11) is 0. The van der Waals surface area contributed by atoms with Crippen LogP contribution in [0.2, 0.25) is 0 Å². The number of anilines is 1. The number of hydrogen-bond acceptors (Lipinski definition) is 3. The lowest BCUT2D eigenvalue weighted by atomic mass is 10.2. The molecule has 1 fully saturated rings. The zero-order valence-corrected chi connectivity index (χ0v) is 13.7. The number of fused-ring (bicyclic) bond motifs is 1. The second-order valence-electron chi connectivity index (χ2n) is 6.03. The zero-order valence-electron chi connectivity index (χ0n) is 13.7. The van der Waals surface area contributed by atoms with Crippen LogP contribution in [0, 0.1) is 18.8 Å². The molecule has 1 aromatic carbocycles. The molecule has 1 aliphatic rings. The van der Waals surface area contributed by atoms with Crippen molar-refractivity contribution >= 4 is 16.7 Å². The summed E-state index contributed by atoms with van der Waals surface area (Å²) in [5.74, 6) is 6.40. The molecule has 2 aromatic heterocycles. The molecule has 3 aromatic rings. The lowest BCUT2D eigenvalue weighted by Crippen LogP contribution is -2.36. The molecule has 120 valence electrons. The lowest BCUT2D eigenvalue weighted by molar-refractivity contribution is 0.122. The van der Waals surface area contributed by atoms with Crippen LogP contribution in [0.5, 0.6) is 0 Å². The van der Waals surface area contributed by atoms with E-state index in [4.69, 9.17) is 4.74 Å². The van der Waals surface area contributed by atoms with Crippen LogP contribution in [0.3, 0.4) is 0 Å². The average Bonchev–Trinajstić information content (AvgIpc) is 3.03. The van der Waals surface area contributed by atoms with Gasteiger partial charge in [0.2, 0.25) is 0 Å². The van der Waals surface area contributed by atoms with Gasteiger partial charge >= 0.3 is 0 Å². The Balaban J connectivity index is 1.53. The molecule has 0 aliphatic carbocycles. The summed E-state index contributed by atoms with van der Waals surface area (Å²) >= 11 is 0. The monoisotopic (exact) mass is 317 g/mol. The van der Waals surface area contributed by atoms with Crippen LogP contribution < -0.4 is 4.90 Å². The van der Waals surface area contributed by atoms with Gasteiger partial charge < -0.3 is 14.6 Å². The molecule has 24 heavy (non-hydrogen) atoms. The van der Waals surface area contributed by atoms with Crippen LogP contribution >= 0.6 is 0 Å². The van der Waals surface area contributed by atoms with Gasteiger partial charge in [0.1, 0.15) is 5.65 Å². The first kappa shape index (κ1) is 14.8. The molecule has 4 rings (SSSR count). The summed E-state index contributed by atoms with van der Waals surface area (Å²) in [5.41, 5.74) is 5.16. The fourth-order valence-electron chi connectivity index (χ4n) is 2.91. The number of benzene rings is 1. The highest BCUT2D eigenvalue weighted by Gasteiger charge is 2.10. The molecule has 0 saturated carbocycles. The van der Waals surface area contributed by atoms with Crippen molar-refractivity contribution in [3.8, 4) is 11.8 Å². The lowest BCUT2D eigenvalue weighted by Gasteiger charge is -2.28. The molecule has 0 amide bonds. The Morgan fingerprint density at radius 2 is 1.88 bits per heavy atom. The van der Waals surface area contributed by atoms with Crippen molar-refractivity contribution in [3.63, 3.8) is 0 Å². The van der Waals surface area contributed by atoms with Gasteiger partial charge in [0.15, 0.2) is 0 Å². The number of nitrogens with zero attached hydrogens (tertiary/aromatic N) is 2. The van der Waals surface area contributed by atoms with Crippen LogP contribution in [0.25, 0.3) is 11.0 Å². The van der Waals surface area contributed by atoms with Crippen LogP contribution in [0.1, 0.15) is 16.8 Å². The Hall–Kier alpha value is -2.77. The molecular weight excluding hydrogens is 298 g/mol. The highest BCUT2D eigenvalue weighted by atomic mass is 16.5. The summed E-state index contributed by atoms with van der Waals surface area (Å²) in [6.07, 6.45) is 1.86. The molecule has 0 spiro atoms. The summed E-state index contributed by atoms with van der Waals surface area (Å²) in [6.45, 7) is 5.55. The Bertz CT molecular complexity index is 909. The van der Waals surface area contributed by atoms with Crippen molar-refractivity contribution in [1.82, 2.24) is 9.97 Å². The molecule has 0 radical (unpaired) electrons. The van der Waals surface area contributed by atoms with E-state index >= 15 is 0 Å². The third-order valence-corrected chi connectivity index (χ3v) is 4.19. The highest BCUT2D eigenvalue weighted by Crippen LogP contribution is 2.17. The molecule has 1 N–H and O–H groups in total.